The van der Waals surface area contributed by atoms with Crippen molar-refractivity contribution < 1.29 is 24.2 Å². The van der Waals surface area contributed by atoms with Gasteiger partial charge in [0.1, 0.15) is 0 Å². The Labute approximate surface area is 135 Å². The first-order valence-electron chi connectivity index (χ1n) is 7.49. The van der Waals surface area contributed by atoms with Crippen LogP contribution < -0.4 is 9.47 Å². The maximum Gasteiger partial charge on any atom is 0.308 e. The highest BCUT2D eigenvalue weighted by Crippen LogP contribution is 2.28. The number of ether oxygens (including phenoxy) is 2. The number of aliphatic carboxylic acids is 1. The highest BCUT2D eigenvalue weighted by atomic mass is 16.5. The van der Waals surface area contributed by atoms with Gasteiger partial charge in [0.05, 0.1) is 13.0 Å². The van der Waals surface area contributed by atoms with Gasteiger partial charge in [-0.15, -0.1) is 0 Å². The van der Waals surface area contributed by atoms with Crippen molar-refractivity contribution in [3.05, 3.63) is 29.8 Å². The van der Waals surface area contributed by atoms with Gasteiger partial charge in [-0.05, 0) is 31.0 Å². The Bertz CT molecular complexity index is 611. The molecule has 2 rings (SSSR count). The van der Waals surface area contributed by atoms with Gasteiger partial charge in [-0.25, -0.2) is 0 Å². The maximum atomic E-state index is 12.1. The Hall–Kier alpha value is -2.50. The fraction of sp³-hybridized carbons (Fsp3) is 0.412. The van der Waals surface area contributed by atoms with E-state index in [2.05, 4.69) is 0 Å². The number of benzene rings is 1. The second kappa shape index (κ2) is 7.67. The van der Waals surface area contributed by atoms with E-state index in [0.717, 1.165) is 5.56 Å². The summed E-state index contributed by atoms with van der Waals surface area (Å²) in [6.07, 6.45) is 4.35. The lowest BCUT2D eigenvalue weighted by atomic mass is 10.1. The van der Waals surface area contributed by atoms with Gasteiger partial charge in [-0.3, -0.25) is 9.59 Å². The van der Waals surface area contributed by atoms with E-state index in [1.807, 2.05) is 31.2 Å². The second-order valence-electron chi connectivity index (χ2n) is 5.36. The van der Waals surface area contributed by atoms with E-state index in [4.69, 9.17) is 14.6 Å². The van der Waals surface area contributed by atoms with Crippen molar-refractivity contribution in [1.82, 2.24) is 4.90 Å². The van der Waals surface area contributed by atoms with Crippen LogP contribution in [0, 0.1) is 5.92 Å². The SMILES string of the molecule is CC=Cc1ccc(OCC(=O)N2CCC(C(=O)O)C2)c(OC)c1. The molecule has 1 aromatic carbocycles. The number of hydrogen-bond acceptors (Lipinski definition) is 4. The number of rotatable bonds is 6. The van der Waals surface area contributed by atoms with Gasteiger partial charge in [0.15, 0.2) is 18.1 Å². The molecule has 0 radical (unpaired) electrons. The van der Waals surface area contributed by atoms with Gasteiger partial charge in [-0.1, -0.05) is 18.2 Å². The van der Waals surface area contributed by atoms with E-state index in [-0.39, 0.29) is 19.1 Å². The van der Waals surface area contributed by atoms with Gasteiger partial charge in [0.2, 0.25) is 0 Å². The van der Waals surface area contributed by atoms with E-state index in [9.17, 15) is 9.59 Å². The first kappa shape index (κ1) is 16.9. The highest BCUT2D eigenvalue weighted by molar-refractivity contribution is 5.80. The molecule has 0 bridgehead atoms. The average Bonchev–Trinajstić information content (AvgIpc) is 3.03. The summed E-state index contributed by atoms with van der Waals surface area (Å²) >= 11 is 0. The molecule has 1 aliphatic rings. The number of carboxylic acid groups (broad SMARTS) is 1. The number of carbonyl (C=O) groups is 2. The van der Waals surface area contributed by atoms with Crippen LogP contribution in [0.2, 0.25) is 0 Å². The molecule has 1 saturated heterocycles. The minimum atomic E-state index is -0.859. The van der Waals surface area contributed by atoms with Crippen LogP contribution in [-0.4, -0.2) is 48.7 Å². The largest absolute Gasteiger partial charge is 0.493 e. The first-order valence-corrected chi connectivity index (χ1v) is 7.49. The molecule has 1 N–H and O–H groups in total. The molecule has 1 unspecified atom stereocenters. The Morgan fingerprint density at radius 2 is 2.17 bits per heavy atom. The molecule has 1 aromatic rings. The van der Waals surface area contributed by atoms with E-state index in [1.165, 1.54) is 4.90 Å². The lowest BCUT2D eigenvalue weighted by molar-refractivity contribution is -0.141. The predicted octanol–water partition coefficient (Wildman–Crippen LogP) is 2.04. The average molecular weight is 319 g/mol. The van der Waals surface area contributed by atoms with Crippen LogP contribution in [0.1, 0.15) is 18.9 Å². The summed E-state index contributed by atoms with van der Waals surface area (Å²) < 4.78 is 10.8. The molecular formula is C17H21NO5. The first-order chi connectivity index (χ1) is 11.0. The van der Waals surface area contributed by atoms with E-state index >= 15 is 0 Å². The van der Waals surface area contributed by atoms with Crippen LogP contribution in [-0.2, 0) is 9.59 Å². The van der Waals surface area contributed by atoms with Crippen molar-refractivity contribution in [2.45, 2.75) is 13.3 Å². The molecule has 0 saturated carbocycles. The van der Waals surface area contributed by atoms with Crippen molar-refractivity contribution in [3.8, 4) is 11.5 Å². The summed E-state index contributed by atoms with van der Waals surface area (Å²) in [5, 5.41) is 8.97. The number of likely N-dealkylation sites (tertiary alicyclic amines) is 1. The summed E-state index contributed by atoms with van der Waals surface area (Å²) in [6.45, 7) is 2.49. The number of carboxylic acids is 1. The Balaban J connectivity index is 1.95. The molecule has 124 valence electrons. The van der Waals surface area contributed by atoms with Gasteiger partial charge in [0, 0.05) is 13.1 Å². The molecular weight excluding hydrogens is 298 g/mol. The zero-order valence-corrected chi connectivity index (χ0v) is 13.3. The zero-order valence-electron chi connectivity index (χ0n) is 13.3. The molecule has 0 aromatic heterocycles. The van der Waals surface area contributed by atoms with Crippen LogP contribution in [0.5, 0.6) is 11.5 Å². The molecule has 0 spiro atoms. The molecule has 0 aliphatic carbocycles. The summed E-state index contributed by atoms with van der Waals surface area (Å²) in [5.74, 6) is -0.509. The van der Waals surface area contributed by atoms with Crippen molar-refractivity contribution in [2.75, 3.05) is 26.8 Å². The fourth-order valence-corrected chi connectivity index (χ4v) is 2.52. The van der Waals surface area contributed by atoms with Crippen LogP contribution in [0.4, 0.5) is 0 Å². The zero-order chi connectivity index (χ0) is 16.8. The molecule has 23 heavy (non-hydrogen) atoms. The quantitative estimate of drug-likeness (QED) is 0.868. The minimum absolute atomic E-state index is 0.133. The normalized spacial score (nSPS) is 17.5. The Kier molecular flexibility index (Phi) is 5.62. The van der Waals surface area contributed by atoms with E-state index in [0.29, 0.717) is 24.5 Å². The smallest absolute Gasteiger partial charge is 0.308 e. The van der Waals surface area contributed by atoms with Crippen molar-refractivity contribution in [2.24, 2.45) is 5.92 Å². The molecule has 1 atom stereocenters. The Morgan fingerprint density at radius 3 is 2.78 bits per heavy atom. The summed E-state index contributed by atoms with van der Waals surface area (Å²) in [5.41, 5.74) is 0.979. The summed E-state index contributed by atoms with van der Waals surface area (Å²) in [6, 6.07) is 5.46. The fourth-order valence-electron chi connectivity index (χ4n) is 2.52. The standard InChI is InChI=1S/C17H21NO5/c1-3-4-12-5-6-14(15(9-12)22-2)23-11-16(19)18-8-7-13(10-18)17(20)21/h3-6,9,13H,7-8,10-11H2,1-2H3,(H,20,21). The second-order valence-corrected chi connectivity index (χ2v) is 5.36. The molecule has 1 heterocycles. The van der Waals surface area contributed by atoms with Gasteiger partial charge < -0.3 is 19.5 Å². The predicted molar refractivity (Wildman–Crippen MR) is 85.5 cm³/mol. The lowest BCUT2D eigenvalue weighted by Gasteiger charge is -2.17. The van der Waals surface area contributed by atoms with Crippen LogP contribution >= 0.6 is 0 Å². The number of nitrogens with zero attached hydrogens (tertiary/aromatic N) is 1. The third-order valence-electron chi connectivity index (χ3n) is 3.79. The number of carbonyl (C=O) groups excluding carboxylic acids is 1. The molecule has 1 fully saturated rings. The van der Waals surface area contributed by atoms with Gasteiger partial charge in [-0.2, -0.15) is 0 Å². The van der Waals surface area contributed by atoms with E-state index in [1.54, 1.807) is 13.2 Å². The molecule has 1 aliphatic heterocycles. The summed E-state index contributed by atoms with van der Waals surface area (Å²) in [4.78, 5) is 24.6. The molecule has 1 amide bonds. The number of amides is 1. The minimum Gasteiger partial charge on any atom is -0.493 e. The van der Waals surface area contributed by atoms with Crippen LogP contribution in [0.15, 0.2) is 24.3 Å². The third kappa shape index (κ3) is 4.25. The topological polar surface area (TPSA) is 76.1 Å². The maximum absolute atomic E-state index is 12.1. The molecule has 6 heteroatoms. The van der Waals surface area contributed by atoms with Crippen LogP contribution in [0.25, 0.3) is 6.08 Å². The number of methoxy groups -OCH3 is 1. The van der Waals surface area contributed by atoms with E-state index < -0.39 is 11.9 Å². The lowest BCUT2D eigenvalue weighted by Crippen LogP contribution is -2.33. The number of hydrogen-bond donors (Lipinski definition) is 1. The molecule has 6 nitrogen and oxygen atoms in total. The monoisotopic (exact) mass is 319 g/mol. The Morgan fingerprint density at radius 1 is 1.39 bits per heavy atom. The van der Waals surface area contributed by atoms with Gasteiger partial charge in [0.25, 0.3) is 5.91 Å². The van der Waals surface area contributed by atoms with Crippen molar-refractivity contribution in [1.29, 1.82) is 0 Å². The van der Waals surface area contributed by atoms with Crippen molar-refractivity contribution >= 4 is 18.0 Å². The summed E-state index contributed by atoms with van der Waals surface area (Å²) in [7, 11) is 1.54. The van der Waals surface area contributed by atoms with Crippen molar-refractivity contribution in [3.63, 3.8) is 0 Å². The highest BCUT2D eigenvalue weighted by Gasteiger charge is 2.30. The third-order valence-corrected chi connectivity index (χ3v) is 3.79. The van der Waals surface area contributed by atoms with Crippen LogP contribution in [0.3, 0.4) is 0 Å². The van der Waals surface area contributed by atoms with Gasteiger partial charge >= 0.3 is 5.97 Å². The number of allylic oxidation sites excluding steroid dienone is 1.